The standard InChI is InChI=1S/C34H54N10O6/c1-20(2)17-26(44-33(48)50-34(3,4)5)30(47)43-25(14-10-16-40-32(37)38)29(46)42-24(13-9-15-39-31(35)36)28(45)41-22-18-21-11-7-8-12-23(21)27(19-22)49-6/h7-8,11-12,18-20,24-26H,9-10,13-17H2,1-6H3,(H,41,45)(H,42,46)(H,43,47)(H,44,48)(H4,35,36,39)(H4,37,38,40). The Hall–Kier alpha value is -5.28. The van der Waals surface area contributed by atoms with Crippen molar-refractivity contribution in [1.29, 1.82) is 0 Å². The number of nitrogens with zero attached hydrogens (tertiary/aromatic N) is 2. The molecule has 0 saturated heterocycles. The number of fused-ring (bicyclic) bond motifs is 1. The number of aliphatic imine (C=N–C) groups is 2. The summed E-state index contributed by atoms with van der Waals surface area (Å²) in [5.41, 5.74) is 21.5. The van der Waals surface area contributed by atoms with Crippen molar-refractivity contribution >= 4 is 52.2 Å². The number of methoxy groups -OCH3 is 1. The monoisotopic (exact) mass is 698 g/mol. The van der Waals surface area contributed by atoms with Crippen molar-refractivity contribution in [2.75, 3.05) is 25.5 Å². The molecule has 0 radical (unpaired) electrons. The summed E-state index contributed by atoms with van der Waals surface area (Å²) in [6.07, 6.45) is 0.481. The molecule has 3 unspecified atom stereocenters. The Balaban J connectivity index is 2.35. The first-order chi connectivity index (χ1) is 23.5. The smallest absolute Gasteiger partial charge is 0.408 e. The molecule has 0 bridgehead atoms. The van der Waals surface area contributed by atoms with Crippen LogP contribution in [0.1, 0.15) is 66.7 Å². The summed E-state index contributed by atoms with van der Waals surface area (Å²) in [7, 11) is 1.54. The number of nitrogens with two attached hydrogens (primary N) is 4. The molecular weight excluding hydrogens is 644 g/mol. The zero-order valence-corrected chi connectivity index (χ0v) is 29.9. The van der Waals surface area contributed by atoms with E-state index in [0.29, 0.717) is 24.3 Å². The van der Waals surface area contributed by atoms with Crippen LogP contribution in [0.3, 0.4) is 0 Å². The summed E-state index contributed by atoms with van der Waals surface area (Å²) in [6.45, 7) is 9.34. The number of rotatable bonds is 18. The maximum absolute atomic E-state index is 13.9. The number of hydrogen-bond donors (Lipinski definition) is 8. The molecular formula is C34H54N10O6. The molecule has 16 nitrogen and oxygen atoms in total. The molecule has 12 N–H and O–H groups in total. The number of carbonyl (C=O) groups is 4. The van der Waals surface area contributed by atoms with E-state index in [9.17, 15) is 19.2 Å². The van der Waals surface area contributed by atoms with Gasteiger partial charge in [-0.1, -0.05) is 38.1 Å². The van der Waals surface area contributed by atoms with E-state index in [1.807, 2.05) is 38.1 Å². The van der Waals surface area contributed by atoms with Gasteiger partial charge >= 0.3 is 6.09 Å². The Kier molecular flexibility index (Phi) is 16.1. The third-order valence-electron chi connectivity index (χ3n) is 7.18. The molecule has 0 spiro atoms. The second-order valence-electron chi connectivity index (χ2n) is 13.2. The number of hydrogen-bond acceptors (Lipinski definition) is 8. The third-order valence-corrected chi connectivity index (χ3v) is 7.18. The highest BCUT2D eigenvalue weighted by Gasteiger charge is 2.31. The zero-order valence-electron chi connectivity index (χ0n) is 29.9. The predicted octanol–water partition coefficient (Wildman–Crippen LogP) is 1.80. The second kappa shape index (κ2) is 19.7. The quantitative estimate of drug-likeness (QED) is 0.0636. The number of nitrogens with one attached hydrogen (secondary N) is 4. The second-order valence-corrected chi connectivity index (χ2v) is 13.2. The van der Waals surface area contributed by atoms with Gasteiger partial charge in [0.2, 0.25) is 17.7 Å². The van der Waals surface area contributed by atoms with Crippen molar-refractivity contribution in [2.45, 2.75) is 90.4 Å². The molecule has 0 fully saturated rings. The lowest BCUT2D eigenvalue weighted by Crippen LogP contribution is -2.56. The molecule has 3 atom stereocenters. The minimum Gasteiger partial charge on any atom is -0.496 e. The molecule has 2 aromatic rings. The number of anilines is 1. The highest BCUT2D eigenvalue weighted by atomic mass is 16.6. The molecule has 50 heavy (non-hydrogen) atoms. The third kappa shape index (κ3) is 14.9. The fourth-order valence-corrected chi connectivity index (χ4v) is 4.99. The van der Waals surface area contributed by atoms with Gasteiger partial charge in [-0.05, 0) is 70.2 Å². The lowest BCUT2D eigenvalue weighted by Gasteiger charge is -2.27. The van der Waals surface area contributed by atoms with Gasteiger partial charge in [-0.3, -0.25) is 24.4 Å². The molecule has 2 aromatic carbocycles. The van der Waals surface area contributed by atoms with Crippen LogP contribution in [0.4, 0.5) is 10.5 Å². The van der Waals surface area contributed by atoms with Gasteiger partial charge in [0.25, 0.3) is 0 Å². The zero-order chi connectivity index (χ0) is 37.4. The highest BCUT2D eigenvalue weighted by molar-refractivity contribution is 6.01. The highest BCUT2D eigenvalue weighted by Crippen LogP contribution is 2.30. The van der Waals surface area contributed by atoms with E-state index in [1.165, 1.54) is 7.11 Å². The van der Waals surface area contributed by atoms with Gasteiger partial charge in [0.1, 0.15) is 29.5 Å². The minimum atomic E-state index is -1.11. The summed E-state index contributed by atoms with van der Waals surface area (Å²) in [5, 5.41) is 12.7. The van der Waals surface area contributed by atoms with E-state index in [1.54, 1.807) is 32.9 Å². The average Bonchev–Trinajstić information content (AvgIpc) is 3.01. The lowest BCUT2D eigenvalue weighted by atomic mass is 10.0. The molecule has 0 aliphatic carbocycles. The van der Waals surface area contributed by atoms with Gasteiger partial charge in [0.15, 0.2) is 11.9 Å². The SMILES string of the molecule is COc1cc(NC(=O)C(CCCN=C(N)N)NC(=O)C(CCCN=C(N)N)NC(=O)C(CC(C)C)NC(=O)OC(C)(C)C)cc2ccccc12. The van der Waals surface area contributed by atoms with Crippen LogP contribution in [-0.4, -0.2) is 79.7 Å². The number of alkyl carbamates (subject to hydrolysis) is 1. The van der Waals surface area contributed by atoms with Crippen molar-refractivity contribution < 1.29 is 28.7 Å². The van der Waals surface area contributed by atoms with Crippen molar-refractivity contribution in [3.63, 3.8) is 0 Å². The summed E-state index contributed by atoms with van der Waals surface area (Å²) in [4.78, 5) is 61.7. The molecule has 0 aliphatic heterocycles. The van der Waals surface area contributed by atoms with Crippen LogP contribution in [0.5, 0.6) is 5.75 Å². The van der Waals surface area contributed by atoms with Crippen molar-refractivity contribution in [1.82, 2.24) is 16.0 Å². The number of guanidine groups is 2. The normalized spacial score (nSPS) is 12.9. The van der Waals surface area contributed by atoms with E-state index in [-0.39, 0.29) is 50.2 Å². The molecule has 16 heteroatoms. The fourth-order valence-electron chi connectivity index (χ4n) is 4.99. The number of amides is 4. The Morgan fingerprint density at radius 3 is 1.84 bits per heavy atom. The van der Waals surface area contributed by atoms with Gasteiger partial charge in [-0.2, -0.15) is 0 Å². The Bertz CT molecular complexity index is 1510. The van der Waals surface area contributed by atoms with E-state index in [2.05, 4.69) is 31.3 Å². The maximum Gasteiger partial charge on any atom is 0.408 e. The summed E-state index contributed by atoms with van der Waals surface area (Å²) < 4.78 is 10.9. The Labute approximate surface area is 293 Å². The Morgan fingerprint density at radius 1 is 0.780 bits per heavy atom. The van der Waals surface area contributed by atoms with Crippen LogP contribution in [0.2, 0.25) is 0 Å². The molecule has 0 heterocycles. The van der Waals surface area contributed by atoms with E-state index < -0.39 is 47.5 Å². The van der Waals surface area contributed by atoms with Crippen molar-refractivity contribution in [3.05, 3.63) is 36.4 Å². The molecule has 0 aliphatic rings. The van der Waals surface area contributed by atoms with Gasteiger partial charge < -0.3 is 53.7 Å². The van der Waals surface area contributed by atoms with Crippen LogP contribution in [0.25, 0.3) is 10.8 Å². The molecule has 2 rings (SSSR count). The first-order valence-electron chi connectivity index (χ1n) is 16.6. The van der Waals surface area contributed by atoms with Crippen LogP contribution >= 0.6 is 0 Å². The van der Waals surface area contributed by atoms with E-state index in [4.69, 9.17) is 32.4 Å². The van der Waals surface area contributed by atoms with E-state index in [0.717, 1.165) is 10.8 Å². The summed E-state index contributed by atoms with van der Waals surface area (Å²) in [5.74, 6) is -1.36. The molecule has 276 valence electrons. The first-order valence-corrected chi connectivity index (χ1v) is 16.6. The van der Waals surface area contributed by atoms with Crippen molar-refractivity contribution in [3.8, 4) is 5.75 Å². The molecule has 4 amide bonds. The lowest BCUT2D eigenvalue weighted by molar-refractivity contribution is -0.132. The summed E-state index contributed by atoms with van der Waals surface area (Å²) in [6, 6.07) is 7.89. The number of carbonyl (C=O) groups excluding carboxylic acids is 4. The fraction of sp³-hybridized carbons (Fsp3) is 0.529. The van der Waals surface area contributed by atoms with Gasteiger partial charge in [-0.25, -0.2) is 4.79 Å². The largest absolute Gasteiger partial charge is 0.496 e. The van der Waals surface area contributed by atoms with Crippen LogP contribution < -0.4 is 48.9 Å². The minimum absolute atomic E-state index is 0.0156. The topological polar surface area (TPSA) is 264 Å². The molecule has 0 aromatic heterocycles. The van der Waals surface area contributed by atoms with Gasteiger partial charge in [0.05, 0.1) is 7.11 Å². The van der Waals surface area contributed by atoms with Crippen LogP contribution in [-0.2, 0) is 19.1 Å². The Morgan fingerprint density at radius 2 is 1.32 bits per heavy atom. The summed E-state index contributed by atoms with van der Waals surface area (Å²) >= 11 is 0. The average molecular weight is 699 g/mol. The van der Waals surface area contributed by atoms with Gasteiger partial charge in [0, 0.05) is 30.2 Å². The number of ether oxygens (including phenoxy) is 2. The van der Waals surface area contributed by atoms with Crippen LogP contribution in [0, 0.1) is 5.92 Å². The van der Waals surface area contributed by atoms with Crippen molar-refractivity contribution in [2.24, 2.45) is 38.8 Å². The first kappa shape index (κ1) is 40.9. The van der Waals surface area contributed by atoms with E-state index >= 15 is 0 Å². The van der Waals surface area contributed by atoms with Crippen LogP contribution in [0.15, 0.2) is 46.4 Å². The number of benzene rings is 2. The maximum atomic E-state index is 13.9. The van der Waals surface area contributed by atoms with Gasteiger partial charge in [-0.15, -0.1) is 0 Å². The molecule has 0 saturated carbocycles. The predicted molar refractivity (Wildman–Crippen MR) is 195 cm³/mol.